The number of alkyl halides is 1. The van der Waals surface area contributed by atoms with Crippen molar-refractivity contribution in [2.24, 2.45) is 0 Å². The average molecular weight is 218 g/mol. The van der Waals surface area contributed by atoms with E-state index in [0.717, 1.165) is 10.6 Å². The first-order chi connectivity index (χ1) is 6.24. The van der Waals surface area contributed by atoms with E-state index in [9.17, 15) is 5.11 Å². The van der Waals surface area contributed by atoms with E-state index >= 15 is 0 Å². The predicted octanol–water partition coefficient (Wildman–Crippen LogP) is 1.96. The fourth-order valence-corrected chi connectivity index (χ4v) is 1.98. The second-order valence-electron chi connectivity index (χ2n) is 2.66. The van der Waals surface area contributed by atoms with Gasteiger partial charge in [-0.2, -0.15) is 0 Å². The van der Waals surface area contributed by atoms with Gasteiger partial charge in [0.25, 0.3) is 0 Å². The van der Waals surface area contributed by atoms with Gasteiger partial charge in [0.05, 0.1) is 6.10 Å². The molecule has 1 aromatic carbocycles. The Morgan fingerprint density at radius 3 is 2.77 bits per heavy atom. The van der Waals surface area contributed by atoms with Gasteiger partial charge in [0.15, 0.2) is 0 Å². The number of aliphatic hydroxyl groups excluding tert-OH is 1. The van der Waals surface area contributed by atoms with Crippen LogP contribution in [-0.4, -0.2) is 22.8 Å². The second kappa shape index (κ2) is 5.37. The molecule has 13 heavy (non-hydrogen) atoms. The van der Waals surface area contributed by atoms with Crippen molar-refractivity contribution in [2.45, 2.75) is 11.0 Å². The minimum atomic E-state index is -0.466. The highest BCUT2D eigenvalue weighted by Gasteiger charge is 2.04. The number of aliphatic hydroxyl groups is 1. The monoisotopic (exact) mass is 217 g/mol. The summed E-state index contributed by atoms with van der Waals surface area (Å²) in [6, 6.07) is 7.58. The molecule has 3 N–H and O–H groups in total. The normalized spacial score (nSPS) is 12.8. The fourth-order valence-electron chi connectivity index (χ4n) is 0.842. The fraction of sp³-hybridized carbons (Fsp3) is 0.333. The Morgan fingerprint density at radius 1 is 1.46 bits per heavy atom. The first kappa shape index (κ1) is 10.7. The Bertz CT molecular complexity index is 270. The molecule has 1 atom stereocenters. The van der Waals surface area contributed by atoms with E-state index in [2.05, 4.69) is 0 Å². The minimum Gasteiger partial charge on any atom is -0.398 e. The summed E-state index contributed by atoms with van der Waals surface area (Å²) in [6.45, 7) is 0. The van der Waals surface area contributed by atoms with Crippen LogP contribution in [0.15, 0.2) is 29.2 Å². The lowest BCUT2D eigenvalue weighted by molar-refractivity contribution is 0.223. The zero-order chi connectivity index (χ0) is 9.68. The number of halogens is 1. The second-order valence-corrected chi connectivity index (χ2v) is 4.03. The van der Waals surface area contributed by atoms with E-state index in [1.54, 1.807) is 0 Å². The standard InChI is InChI=1S/C9H12ClNOS/c10-5-7(12)6-13-9-4-2-1-3-8(9)11/h1-4,7,12H,5-6,11H2/t7-/m0/s1. The van der Waals surface area contributed by atoms with Gasteiger partial charge in [0.1, 0.15) is 0 Å². The average Bonchev–Trinajstić information content (AvgIpc) is 2.16. The summed E-state index contributed by atoms with van der Waals surface area (Å²) in [5.41, 5.74) is 6.46. The van der Waals surface area contributed by atoms with E-state index in [1.807, 2.05) is 24.3 Å². The molecule has 1 aromatic rings. The molecule has 0 aliphatic carbocycles. The summed E-state index contributed by atoms with van der Waals surface area (Å²) in [4.78, 5) is 0.992. The number of rotatable bonds is 4. The third kappa shape index (κ3) is 3.46. The highest BCUT2D eigenvalue weighted by atomic mass is 35.5. The highest BCUT2D eigenvalue weighted by Crippen LogP contribution is 2.24. The van der Waals surface area contributed by atoms with Crippen LogP contribution in [0, 0.1) is 0 Å². The van der Waals surface area contributed by atoms with Crippen molar-refractivity contribution in [1.29, 1.82) is 0 Å². The molecule has 0 spiro atoms. The maximum atomic E-state index is 9.22. The number of hydrogen-bond acceptors (Lipinski definition) is 3. The van der Waals surface area contributed by atoms with Crippen LogP contribution in [0.5, 0.6) is 0 Å². The van der Waals surface area contributed by atoms with Crippen LogP contribution in [0.4, 0.5) is 5.69 Å². The van der Waals surface area contributed by atoms with E-state index in [4.69, 9.17) is 17.3 Å². The topological polar surface area (TPSA) is 46.2 Å². The maximum Gasteiger partial charge on any atom is 0.0769 e. The molecule has 0 bridgehead atoms. The van der Waals surface area contributed by atoms with E-state index < -0.39 is 6.10 Å². The summed E-state index contributed by atoms with van der Waals surface area (Å²) in [6.07, 6.45) is -0.466. The number of nitrogens with two attached hydrogens (primary N) is 1. The van der Waals surface area contributed by atoms with E-state index in [-0.39, 0.29) is 5.88 Å². The molecule has 0 saturated heterocycles. The molecule has 0 heterocycles. The van der Waals surface area contributed by atoms with Crippen molar-refractivity contribution in [3.8, 4) is 0 Å². The number of para-hydroxylation sites is 1. The number of benzene rings is 1. The molecule has 1 rings (SSSR count). The largest absolute Gasteiger partial charge is 0.398 e. The maximum absolute atomic E-state index is 9.22. The molecular weight excluding hydrogens is 206 g/mol. The van der Waals surface area contributed by atoms with Crippen molar-refractivity contribution in [3.63, 3.8) is 0 Å². The predicted molar refractivity (Wildman–Crippen MR) is 58.3 cm³/mol. The Morgan fingerprint density at radius 2 is 2.15 bits per heavy atom. The van der Waals surface area contributed by atoms with Gasteiger partial charge in [0, 0.05) is 22.2 Å². The molecule has 0 amide bonds. The van der Waals surface area contributed by atoms with Crippen LogP contribution in [0.3, 0.4) is 0 Å². The number of hydrogen-bond donors (Lipinski definition) is 2. The van der Waals surface area contributed by atoms with Gasteiger partial charge in [-0.05, 0) is 12.1 Å². The Balaban J connectivity index is 2.50. The van der Waals surface area contributed by atoms with Gasteiger partial charge in [-0.25, -0.2) is 0 Å². The van der Waals surface area contributed by atoms with Crippen LogP contribution in [0.2, 0.25) is 0 Å². The Kier molecular flexibility index (Phi) is 4.42. The van der Waals surface area contributed by atoms with Crippen molar-refractivity contribution in [2.75, 3.05) is 17.4 Å². The van der Waals surface area contributed by atoms with Gasteiger partial charge < -0.3 is 10.8 Å². The molecule has 0 fully saturated rings. The highest BCUT2D eigenvalue weighted by molar-refractivity contribution is 7.99. The van der Waals surface area contributed by atoms with Crippen LogP contribution in [0.1, 0.15) is 0 Å². The molecule has 0 aromatic heterocycles. The van der Waals surface area contributed by atoms with Gasteiger partial charge in [-0.3, -0.25) is 0 Å². The molecule has 0 saturated carbocycles. The summed E-state index contributed by atoms with van der Waals surface area (Å²) in [5, 5.41) is 9.22. The Hall–Kier alpha value is -0.380. The third-order valence-electron chi connectivity index (χ3n) is 1.53. The first-order valence-electron chi connectivity index (χ1n) is 3.95. The van der Waals surface area contributed by atoms with Gasteiger partial charge in [-0.15, -0.1) is 23.4 Å². The van der Waals surface area contributed by atoms with Crippen molar-refractivity contribution >= 4 is 29.1 Å². The molecule has 0 aliphatic heterocycles. The number of thioether (sulfide) groups is 1. The van der Waals surface area contributed by atoms with E-state index in [0.29, 0.717) is 5.75 Å². The van der Waals surface area contributed by atoms with E-state index in [1.165, 1.54) is 11.8 Å². The summed E-state index contributed by atoms with van der Waals surface area (Å²) >= 11 is 6.98. The lowest BCUT2D eigenvalue weighted by Gasteiger charge is -2.07. The van der Waals surface area contributed by atoms with Crippen LogP contribution in [0.25, 0.3) is 0 Å². The lowest BCUT2D eigenvalue weighted by Crippen LogP contribution is -2.11. The summed E-state index contributed by atoms with van der Waals surface area (Å²) in [5.74, 6) is 0.845. The SMILES string of the molecule is Nc1ccccc1SC[C@@H](O)CCl. The summed E-state index contributed by atoms with van der Waals surface area (Å²) < 4.78 is 0. The lowest BCUT2D eigenvalue weighted by atomic mass is 10.3. The molecular formula is C9H12ClNOS. The van der Waals surface area contributed by atoms with Crippen LogP contribution in [-0.2, 0) is 0 Å². The first-order valence-corrected chi connectivity index (χ1v) is 5.47. The smallest absolute Gasteiger partial charge is 0.0769 e. The minimum absolute atomic E-state index is 0.264. The molecule has 0 aliphatic rings. The molecule has 4 heteroatoms. The van der Waals surface area contributed by atoms with Crippen molar-refractivity contribution in [1.82, 2.24) is 0 Å². The molecule has 72 valence electrons. The van der Waals surface area contributed by atoms with Gasteiger partial charge in [-0.1, -0.05) is 12.1 Å². The van der Waals surface area contributed by atoms with Crippen molar-refractivity contribution < 1.29 is 5.11 Å². The molecule has 0 radical (unpaired) electrons. The van der Waals surface area contributed by atoms with Gasteiger partial charge >= 0.3 is 0 Å². The zero-order valence-corrected chi connectivity index (χ0v) is 8.68. The van der Waals surface area contributed by atoms with Crippen LogP contribution < -0.4 is 5.73 Å². The Labute approximate surface area is 87.1 Å². The quantitative estimate of drug-likeness (QED) is 0.461. The number of anilines is 1. The van der Waals surface area contributed by atoms with Crippen molar-refractivity contribution in [3.05, 3.63) is 24.3 Å². The third-order valence-corrected chi connectivity index (χ3v) is 3.12. The zero-order valence-electron chi connectivity index (χ0n) is 7.11. The molecule has 0 unspecified atom stereocenters. The summed E-state index contributed by atoms with van der Waals surface area (Å²) in [7, 11) is 0. The van der Waals surface area contributed by atoms with Gasteiger partial charge in [0.2, 0.25) is 0 Å². The molecule has 2 nitrogen and oxygen atoms in total. The number of nitrogen functional groups attached to an aromatic ring is 1. The van der Waals surface area contributed by atoms with Crippen LogP contribution >= 0.6 is 23.4 Å².